The monoisotopic (exact) mass is 496 g/mol. The Hall–Kier alpha value is -3.52. The Bertz CT molecular complexity index is 1210. The van der Waals surface area contributed by atoms with Gasteiger partial charge in [0.2, 0.25) is 0 Å². The smallest absolute Gasteiger partial charge is 0.338 e. The number of ketones is 3. The van der Waals surface area contributed by atoms with Gasteiger partial charge in [-0.25, -0.2) is 4.79 Å². The zero-order valence-electron chi connectivity index (χ0n) is 21.2. The van der Waals surface area contributed by atoms with Gasteiger partial charge in [-0.3, -0.25) is 14.4 Å². The molecule has 0 aromatic rings. The highest BCUT2D eigenvalue weighted by molar-refractivity contribution is 6.24. The molecule has 1 heterocycles. The molecule has 3 aliphatic carbocycles. The van der Waals surface area contributed by atoms with Gasteiger partial charge in [0.05, 0.1) is 5.57 Å². The van der Waals surface area contributed by atoms with E-state index in [9.17, 15) is 34.5 Å². The van der Waals surface area contributed by atoms with Gasteiger partial charge in [-0.05, 0) is 53.7 Å². The molecule has 0 aromatic heterocycles. The van der Waals surface area contributed by atoms with Crippen molar-refractivity contribution < 1.29 is 39.2 Å². The summed E-state index contributed by atoms with van der Waals surface area (Å²) in [6.45, 7) is 8.72. The van der Waals surface area contributed by atoms with E-state index < -0.39 is 69.2 Å². The van der Waals surface area contributed by atoms with E-state index in [4.69, 9.17) is 4.74 Å². The summed E-state index contributed by atoms with van der Waals surface area (Å²) in [5.41, 5.74) is -6.53. The van der Waals surface area contributed by atoms with Gasteiger partial charge < -0.3 is 20.1 Å². The predicted octanol–water partition coefficient (Wildman–Crippen LogP) is 3.55. The number of aliphatic hydroxyl groups is 3. The van der Waals surface area contributed by atoms with Crippen molar-refractivity contribution in [2.75, 3.05) is 0 Å². The second-order valence-electron chi connectivity index (χ2n) is 9.93. The molecular weight excluding hydrogens is 464 g/mol. The first kappa shape index (κ1) is 27.1. The van der Waals surface area contributed by atoms with Crippen molar-refractivity contribution >= 4 is 23.3 Å². The third-order valence-corrected chi connectivity index (χ3v) is 7.68. The maximum Gasteiger partial charge on any atom is 0.338 e. The lowest BCUT2D eigenvalue weighted by atomic mass is 9.40. The third-order valence-electron chi connectivity index (χ3n) is 7.68. The lowest BCUT2D eigenvalue weighted by Crippen LogP contribution is -2.75. The minimum absolute atomic E-state index is 0.0835. The maximum absolute atomic E-state index is 13.8. The van der Waals surface area contributed by atoms with Crippen molar-refractivity contribution in [3.05, 3.63) is 71.3 Å². The number of rotatable bonds is 6. The molecule has 0 amide bonds. The van der Waals surface area contributed by atoms with Crippen LogP contribution in [0.5, 0.6) is 0 Å². The van der Waals surface area contributed by atoms with Crippen molar-refractivity contribution in [1.29, 1.82) is 0 Å². The number of aliphatic hydroxyl groups excluding tert-OH is 2. The molecule has 3 fully saturated rings. The first-order chi connectivity index (χ1) is 16.7. The molecule has 2 bridgehead atoms. The number of fused-ring (bicyclic) bond motifs is 3. The van der Waals surface area contributed by atoms with Crippen LogP contribution in [0.3, 0.4) is 0 Å². The first-order valence-electron chi connectivity index (χ1n) is 11.7. The minimum atomic E-state index is -2.22. The molecule has 4 rings (SSSR count). The molecule has 3 saturated carbocycles. The van der Waals surface area contributed by atoms with E-state index in [2.05, 4.69) is 0 Å². The summed E-state index contributed by atoms with van der Waals surface area (Å²) in [5.74, 6) is -8.17. The molecule has 0 saturated heterocycles. The fourth-order valence-corrected chi connectivity index (χ4v) is 5.93. The van der Waals surface area contributed by atoms with E-state index in [1.54, 1.807) is 38.2 Å². The minimum Gasteiger partial charge on any atom is -0.508 e. The molecular formula is C28H32O8. The largest absolute Gasteiger partial charge is 0.508 e. The molecule has 0 radical (unpaired) electrons. The van der Waals surface area contributed by atoms with Crippen LogP contribution in [0.15, 0.2) is 71.3 Å². The van der Waals surface area contributed by atoms with Crippen LogP contribution in [0.1, 0.15) is 41.5 Å². The third kappa shape index (κ3) is 3.63. The van der Waals surface area contributed by atoms with Crippen LogP contribution in [0.4, 0.5) is 0 Å². The lowest BCUT2D eigenvalue weighted by Gasteiger charge is -2.60. The Labute approximate surface area is 210 Å². The number of Topliss-reactive ketones (excluding diaryl/α,β-unsaturated/α-hetero) is 2. The van der Waals surface area contributed by atoms with Crippen molar-refractivity contribution in [3.8, 4) is 0 Å². The second kappa shape index (κ2) is 9.17. The van der Waals surface area contributed by atoms with Crippen LogP contribution >= 0.6 is 0 Å². The normalized spacial score (nSPS) is 38.4. The molecule has 8 heteroatoms. The van der Waals surface area contributed by atoms with E-state index in [0.717, 1.165) is 0 Å². The van der Waals surface area contributed by atoms with E-state index in [-0.39, 0.29) is 11.1 Å². The number of allylic oxidation sites excluding steroid dienone is 8. The van der Waals surface area contributed by atoms with Crippen LogP contribution in [-0.2, 0) is 23.9 Å². The van der Waals surface area contributed by atoms with Gasteiger partial charge in [0, 0.05) is 23.3 Å². The van der Waals surface area contributed by atoms with Crippen molar-refractivity contribution in [2.45, 2.75) is 52.7 Å². The molecule has 3 N–H and O–H groups in total. The van der Waals surface area contributed by atoms with Gasteiger partial charge in [0.15, 0.2) is 23.0 Å². The fourth-order valence-electron chi connectivity index (χ4n) is 5.93. The topological polar surface area (TPSA) is 138 Å². The van der Waals surface area contributed by atoms with Gasteiger partial charge >= 0.3 is 5.97 Å². The van der Waals surface area contributed by atoms with E-state index in [0.29, 0.717) is 0 Å². The number of hydrogen-bond acceptors (Lipinski definition) is 8. The number of ether oxygens (including phenoxy) is 1. The van der Waals surface area contributed by atoms with Crippen molar-refractivity contribution in [1.82, 2.24) is 0 Å². The molecule has 1 aliphatic heterocycles. The van der Waals surface area contributed by atoms with Crippen LogP contribution in [0.25, 0.3) is 0 Å². The fraction of sp³-hybridized carbons (Fsp3) is 0.429. The Kier molecular flexibility index (Phi) is 6.89. The quantitative estimate of drug-likeness (QED) is 0.167. The zero-order valence-corrected chi connectivity index (χ0v) is 21.2. The van der Waals surface area contributed by atoms with E-state index >= 15 is 0 Å². The molecule has 0 spiro atoms. The molecule has 36 heavy (non-hydrogen) atoms. The summed E-state index contributed by atoms with van der Waals surface area (Å²) >= 11 is 0. The van der Waals surface area contributed by atoms with Gasteiger partial charge in [0.25, 0.3) is 0 Å². The highest BCUT2D eigenvalue weighted by atomic mass is 16.6. The maximum atomic E-state index is 13.8. The van der Waals surface area contributed by atoms with Crippen LogP contribution in [0.2, 0.25) is 0 Å². The highest BCUT2D eigenvalue weighted by Crippen LogP contribution is 2.64. The summed E-state index contributed by atoms with van der Waals surface area (Å²) in [6.07, 6.45) is 12.0. The van der Waals surface area contributed by atoms with Crippen LogP contribution in [0, 0.1) is 23.2 Å². The summed E-state index contributed by atoms with van der Waals surface area (Å²) in [5, 5.41) is 33.5. The van der Waals surface area contributed by atoms with Gasteiger partial charge in [0.1, 0.15) is 22.5 Å². The van der Waals surface area contributed by atoms with Crippen LogP contribution in [-0.4, -0.2) is 49.8 Å². The second-order valence-corrected chi connectivity index (χ2v) is 9.93. The Morgan fingerprint density at radius 2 is 1.53 bits per heavy atom. The first-order valence-corrected chi connectivity index (χ1v) is 11.7. The zero-order chi connectivity index (χ0) is 27.2. The molecule has 0 aromatic carbocycles. The molecule has 8 nitrogen and oxygen atoms in total. The number of hydrogen-bond donors (Lipinski definition) is 3. The SMILES string of the molecule is C/C=C/C=C/C(=O)[C@@H]1[C@@H]([C@@]2(C)OC(=O)C(C)=C2O)[C@H]2\C(=C(O)/C=C/C=C/C)C(=O)[C@]1(C)C(=O)[C@@]2(C)O. The summed E-state index contributed by atoms with van der Waals surface area (Å²) in [7, 11) is 0. The summed E-state index contributed by atoms with van der Waals surface area (Å²) in [6, 6.07) is 0. The van der Waals surface area contributed by atoms with Gasteiger partial charge in [-0.15, -0.1) is 0 Å². The number of cyclic esters (lactones) is 1. The number of esters is 1. The average molecular weight is 497 g/mol. The Morgan fingerprint density at radius 3 is 2.03 bits per heavy atom. The molecule has 192 valence electrons. The molecule has 4 aliphatic rings. The average Bonchev–Trinajstić information content (AvgIpc) is 3.01. The molecule has 6 atom stereocenters. The van der Waals surface area contributed by atoms with Gasteiger partial charge in [-0.2, -0.15) is 0 Å². The number of carbonyl (C=O) groups is 4. The van der Waals surface area contributed by atoms with E-state index in [1.807, 2.05) is 0 Å². The Balaban J connectivity index is 2.41. The van der Waals surface area contributed by atoms with Gasteiger partial charge in [-0.1, -0.05) is 36.5 Å². The molecule has 0 unspecified atom stereocenters. The lowest BCUT2D eigenvalue weighted by molar-refractivity contribution is -0.203. The van der Waals surface area contributed by atoms with Crippen LogP contribution < -0.4 is 0 Å². The Morgan fingerprint density at radius 1 is 0.972 bits per heavy atom. The predicted molar refractivity (Wildman–Crippen MR) is 132 cm³/mol. The van der Waals surface area contributed by atoms with Crippen molar-refractivity contribution in [3.63, 3.8) is 0 Å². The highest BCUT2D eigenvalue weighted by Gasteiger charge is 2.77. The summed E-state index contributed by atoms with van der Waals surface area (Å²) < 4.78 is 5.59. The number of carbonyl (C=O) groups excluding carboxylic acids is 4. The standard InChI is InChI=1S/C28H32O8/c1-7-9-11-13-16(29)18-20-21(28(6)22(31)15(3)24(33)36-28)19(17(30)14-12-10-8-2)26(4,23(18)32)25(34)27(20,5)35/h7-14,19-21,29,31,35H,1-6H3/b9-7+,10-8+,13-11+,14-12+,18-16-/t19-,20-,21-,26-,27+,28-/m1/s1. The van der Waals surface area contributed by atoms with Crippen molar-refractivity contribution in [2.24, 2.45) is 23.2 Å². The van der Waals surface area contributed by atoms with E-state index in [1.165, 1.54) is 52.0 Å². The summed E-state index contributed by atoms with van der Waals surface area (Å²) in [4.78, 5) is 53.5.